The molecule has 1 rings (SSSR count). The van der Waals surface area contributed by atoms with E-state index < -0.39 is 0 Å². The van der Waals surface area contributed by atoms with Crippen molar-refractivity contribution in [3.63, 3.8) is 0 Å². The van der Waals surface area contributed by atoms with Gasteiger partial charge in [0.15, 0.2) is 0 Å². The van der Waals surface area contributed by atoms with Crippen LogP contribution >= 0.6 is 22.6 Å². The van der Waals surface area contributed by atoms with Crippen molar-refractivity contribution >= 4 is 28.4 Å². The van der Waals surface area contributed by atoms with Crippen LogP contribution in [0.3, 0.4) is 0 Å². The lowest BCUT2D eigenvalue weighted by Gasteiger charge is -2.16. The Labute approximate surface area is 103 Å². The molecule has 0 saturated carbocycles. The first-order valence-electron chi connectivity index (χ1n) is 4.99. The average molecular weight is 321 g/mol. The minimum Gasteiger partial charge on any atom is -0.369 e. The molecule has 0 aliphatic heterocycles. The maximum absolute atomic E-state index is 11.3. The van der Waals surface area contributed by atoms with E-state index in [1.165, 1.54) is 6.33 Å². The highest BCUT2D eigenvalue weighted by atomic mass is 127. The van der Waals surface area contributed by atoms with Crippen LogP contribution in [0.5, 0.6) is 0 Å². The lowest BCUT2D eigenvalue weighted by atomic mass is 9.98. The number of hydrogen-bond acceptors (Lipinski definition) is 3. The van der Waals surface area contributed by atoms with Gasteiger partial charge in [-0.2, -0.15) is 0 Å². The van der Waals surface area contributed by atoms with E-state index in [9.17, 15) is 4.79 Å². The molecule has 1 aromatic heterocycles. The number of anilines is 1. The molecule has 0 aromatic carbocycles. The number of nitrogens with zero attached hydrogens (tertiary/aromatic N) is 1. The zero-order valence-electron chi connectivity index (χ0n) is 9.17. The molecule has 1 aromatic rings. The Morgan fingerprint density at radius 1 is 1.53 bits per heavy atom. The van der Waals surface area contributed by atoms with Crippen LogP contribution in [0.1, 0.15) is 20.8 Å². The van der Waals surface area contributed by atoms with E-state index in [2.05, 4.69) is 36.1 Å². The van der Waals surface area contributed by atoms with Crippen LogP contribution in [0.2, 0.25) is 0 Å². The van der Waals surface area contributed by atoms with Crippen LogP contribution in [0.15, 0.2) is 11.1 Å². The van der Waals surface area contributed by atoms with Gasteiger partial charge in [0.1, 0.15) is 9.39 Å². The largest absolute Gasteiger partial charge is 0.369 e. The van der Waals surface area contributed by atoms with E-state index in [1.54, 1.807) is 0 Å². The first-order valence-corrected chi connectivity index (χ1v) is 6.07. The molecule has 15 heavy (non-hydrogen) atoms. The van der Waals surface area contributed by atoms with Gasteiger partial charge >= 0.3 is 0 Å². The van der Waals surface area contributed by atoms with Crippen LogP contribution in [0.4, 0.5) is 5.82 Å². The Bertz CT molecular complexity index is 375. The summed E-state index contributed by atoms with van der Waals surface area (Å²) in [6.07, 6.45) is 1.42. The molecule has 84 valence electrons. The number of aromatic amines is 1. The summed E-state index contributed by atoms with van der Waals surface area (Å²) in [6.45, 7) is 7.38. The van der Waals surface area contributed by atoms with E-state index in [0.29, 0.717) is 21.2 Å². The van der Waals surface area contributed by atoms with Crippen LogP contribution in [-0.4, -0.2) is 16.5 Å². The molecule has 0 radical (unpaired) electrons. The van der Waals surface area contributed by atoms with Crippen LogP contribution in [0, 0.1) is 15.4 Å². The van der Waals surface area contributed by atoms with Gasteiger partial charge in [0, 0.05) is 6.54 Å². The summed E-state index contributed by atoms with van der Waals surface area (Å²) in [6, 6.07) is 0. The van der Waals surface area contributed by atoms with Crippen LogP contribution in [0.25, 0.3) is 0 Å². The van der Waals surface area contributed by atoms with Crippen molar-refractivity contribution in [1.29, 1.82) is 0 Å². The van der Waals surface area contributed by atoms with E-state index >= 15 is 0 Å². The van der Waals surface area contributed by atoms with Gasteiger partial charge in [-0.3, -0.25) is 4.79 Å². The molecule has 0 saturated heterocycles. The molecule has 1 unspecified atom stereocenters. The smallest absolute Gasteiger partial charge is 0.266 e. The monoisotopic (exact) mass is 321 g/mol. The lowest BCUT2D eigenvalue weighted by Crippen LogP contribution is -2.20. The number of halogens is 1. The fraction of sp³-hybridized carbons (Fsp3) is 0.600. The molecule has 0 spiro atoms. The van der Waals surface area contributed by atoms with E-state index in [0.717, 1.165) is 6.54 Å². The number of aromatic nitrogens is 2. The van der Waals surface area contributed by atoms with E-state index in [4.69, 9.17) is 0 Å². The van der Waals surface area contributed by atoms with Gasteiger partial charge < -0.3 is 10.3 Å². The third-order valence-corrected chi connectivity index (χ3v) is 3.53. The molecule has 0 fully saturated rings. The minimum atomic E-state index is -0.0923. The highest BCUT2D eigenvalue weighted by molar-refractivity contribution is 14.1. The maximum atomic E-state index is 11.3. The van der Waals surface area contributed by atoms with Crippen molar-refractivity contribution in [1.82, 2.24) is 9.97 Å². The molecule has 1 heterocycles. The third-order valence-electron chi connectivity index (χ3n) is 2.53. The van der Waals surface area contributed by atoms with Gasteiger partial charge in [0.2, 0.25) is 0 Å². The average Bonchev–Trinajstić information content (AvgIpc) is 2.19. The fourth-order valence-electron chi connectivity index (χ4n) is 1.000. The molecular weight excluding hydrogens is 305 g/mol. The number of rotatable bonds is 4. The van der Waals surface area contributed by atoms with Crippen LogP contribution in [-0.2, 0) is 0 Å². The Kier molecular flexibility index (Phi) is 4.56. The van der Waals surface area contributed by atoms with E-state index in [-0.39, 0.29) is 5.56 Å². The highest BCUT2D eigenvalue weighted by Gasteiger charge is 2.09. The van der Waals surface area contributed by atoms with Crippen LogP contribution < -0.4 is 10.9 Å². The highest BCUT2D eigenvalue weighted by Crippen LogP contribution is 2.13. The summed E-state index contributed by atoms with van der Waals surface area (Å²) < 4.78 is 0.617. The molecular formula is C10H16IN3O. The maximum Gasteiger partial charge on any atom is 0.266 e. The van der Waals surface area contributed by atoms with Crippen molar-refractivity contribution in [3.05, 3.63) is 20.3 Å². The predicted octanol–water partition coefficient (Wildman–Crippen LogP) is 2.08. The Hall–Kier alpha value is -0.590. The number of H-pyrrole nitrogens is 1. The molecule has 0 aliphatic rings. The molecule has 0 aliphatic carbocycles. The van der Waals surface area contributed by atoms with Crippen molar-refractivity contribution in [2.45, 2.75) is 20.8 Å². The lowest BCUT2D eigenvalue weighted by molar-refractivity contribution is 0.439. The van der Waals surface area contributed by atoms with Gasteiger partial charge in [-0.1, -0.05) is 20.8 Å². The van der Waals surface area contributed by atoms with Gasteiger partial charge in [0.05, 0.1) is 6.33 Å². The van der Waals surface area contributed by atoms with Crippen molar-refractivity contribution in [2.75, 3.05) is 11.9 Å². The minimum absolute atomic E-state index is 0.0923. The zero-order valence-corrected chi connectivity index (χ0v) is 11.3. The van der Waals surface area contributed by atoms with E-state index in [1.807, 2.05) is 22.6 Å². The summed E-state index contributed by atoms with van der Waals surface area (Å²) >= 11 is 2.00. The second kappa shape index (κ2) is 5.48. The Morgan fingerprint density at radius 2 is 2.20 bits per heavy atom. The molecule has 2 N–H and O–H groups in total. The first kappa shape index (κ1) is 12.5. The predicted molar refractivity (Wildman–Crippen MR) is 70.1 cm³/mol. The molecule has 4 nitrogen and oxygen atoms in total. The Balaban J connectivity index is 2.66. The summed E-state index contributed by atoms with van der Waals surface area (Å²) in [7, 11) is 0. The summed E-state index contributed by atoms with van der Waals surface area (Å²) in [5.41, 5.74) is -0.0923. The Morgan fingerprint density at radius 3 is 2.80 bits per heavy atom. The van der Waals surface area contributed by atoms with Gasteiger partial charge in [-0.25, -0.2) is 4.98 Å². The second-order valence-electron chi connectivity index (χ2n) is 4.00. The van der Waals surface area contributed by atoms with Crippen molar-refractivity contribution < 1.29 is 0 Å². The summed E-state index contributed by atoms with van der Waals surface area (Å²) in [5, 5.41) is 3.20. The van der Waals surface area contributed by atoms with Gasteiger partial charge in [-0.05, 0) is 34.4 Å². The molecule has 0 amide bonds. The topological polar surface area (TPSA) is 57.8 Å². The summed E-state index contributed by atoms with van der Waals surface area (Å²) in [5.74, 6) is 1.85. The van der Waals surface area contributed by atoms with Gasteiger partial charge in [-0.15, -0.1) is 0 Å². The number of hydrogen-bond donors (Lipinski definition) is 2. The zero-order chi connectivity index (χ0) is 11.4. The van der Waals surface area contributed by atoms with Gasteiger partial charge in [0.25, 0.3) is 5.56 Å². The molecule has 1 atom stereocenters. The quantitative estimate of drug-likeness (QED) is 0.835. The standard InChI is InChI=1S/C10H16IN3O/c1-6(2)7(3)4-12-9-8(11)10(15)14-5-13-9/h5-7H,4H2,1-3H3,(H2,12,13,14,15). The summed E-state index contributed by atoms with van der Waals surface area (Å²) in [4.78, 5) is 17.9. The molecule has 0 bridgehead atoms. The second-order valence-corrected chi connectivity index (χ2v) is 5.08. The SMILES string of the molecule is CC(C)C(C)CNc1nc[nH]c(=O)c1I. The first-order chi connectivity index (χ1) is 7.02. The normalized spacial score (nSPS) is 12.9. The van der Waals surface area contributed by atoms with Crippen molar-refractivity contribution in [3.8, 4) is 0 Å². The fourth-order valence-corrected chi connectivity index (χ4v) is 1.49. The molecule has 5 heteroatoms. The van der Waals surface area contributed by atoms with Crippen molar-refractivity contribution in [2.24, 2.45) is 11.8 Å². The number of nitrogens with one attached hydrogen (secondary N) is 2. The third kappa shape index (κ3) is 3.48.